The Balaban J connectivity index is 3.30. The number of nitrogen functional groups attached to an aromatic ring is 1. The summed E-state index contributed by atoms with van der Waals surface area (Å²) >= 11 is 0. The van der Waals surface area contributed by atoms with Crippen molar-refractivity contribution in [1.82, 2.24) is 0 Å². The van der Waals surface area contributed by atoms with Crippen molar-refractivity contribution in [3.63, 3.8) is 0 Å². The average molecular weight is 222 g/mol. The highest BCUT2D eigenvalue weighted by Crippen LogP contribution is 2.28. The molecule has 1 rings (SSSR count). The molecule has 16 heavy (non-hydrogen) atoms. The lowest BCUT2D eigenvalue weighted by atomic mass is 9.91. The van der Waals surface area contributed by atoms with Gasteiger partial charge in [0.2, 0.25) is 5.91 Å². The molecule has 5 N–H and O–H groups in total. The van der Waals surface area contributed by atoms with Gasteiger partial charge in [0.05, 0.1) is 13.0 Å². The van der Waals surface area contributed by atoms with Crippen molar-refractivity contribution in [2.75, 3.05) is 5.73 Å². The number of primary amides is 1. The van der Waals surface area contributed by atoms with Crippen LogP contribution in [0.3, 0.4) is 0 Å². The van der Waals surface area contributed by atoms with Crippen LogP contribution >= 0.6 is 0 Å². The van der Waals surface area contributed by atoms with Crippen molar-refractivity contribution in [1.29, 1.82) is 0 Å². The zero-order valence-corrected chi connectivity index (χ0v) is 9.66. The van der Waals surface area contributed by atoms with Crippen LogP contribution in [0.2, 0.25) is 0 Å². The Kier molecular flexibility index (Phi) is 3.90. The number of nitrogens with two attached hydrogens (primary N) is 2. The number of aliphatic hydroxyl groups excluding tert-OH is 1. The number of hydrogen-bond acceptors (Lipinski definition) is 3. The average Bonchev–Trinajstić information content (AvgIpc) is 2.19. The van der Waals surface area contributed by atoms with Crippen LogP contribution in [0.1, 0.15) is 36.5 Å². The quantitative estimate of drug-likeness (QED) is 0.661. The maximum Gasteiger partial charge on any atom is 0.221 e. The zero-order chi connectivity index (χ0) is 12.3. The van der Waals surface area contributed by atoms with Crippen LogP contribution in [0.5, 0.6) is 0 Å². The van der Waals surface area contributed by atoms with Gasteiger partial charge in [0.1, 0.15) is 0 Å². The van der Waals surface area contributed by atoms with E-state index in [9.17, 15) is 4.79 Å². The van der Waals surface area contributed by atoms with Gasteiger partial charge < -0.3 is 16.6 Å². The fourth-order valence-corrected chi connectivity index (χ4v) is 1.78. The van der Waals surface area contributed by atoms with Gasteiger partial charge in [-0.15, -0.1) is 0 Å². The van der Waals surface area contributed by atoms with Crippen LogP contribution in [0.25, 0.3) is 0 Å². The number of benzene rings is 1. The molecule has 0 aromatic heterocycles. The molecular formula is C12H18N2O2. The molecule has 0 saturated heterocycles. The summed E-state index contributed by atoms with van der Waals surface area (Å²) in [6.45, 7) is 3.92. The summed E-state index contributed by atoms with van der Waals surface area (Å²) in [6.07, 6.45) is 0.118. The minimum absolute atomic E-state index is 0.118. The number of anilines is 1. The maximum absolute atomic E-state index is 11.0. The third-order valence-electron chi connectivity index (χ3n) is 2.63. The predicted octanol–water partition coefficient (Wildman–Crippen LogP) is 0.912. The molecule has 4 nitrogen and oxygen atoms in total. The number of amides is 1. The molecule has 1 aromatic rings. The third-order valence-corrected chi connectivity index (χ3v) is 2.63. The van der Waals surface area contributed by atoms with Gasteiger partial charge in [0, 0.05) is 11.3 Å². The Hall–Kier alpha value is -1.55. The first-order valence-electron chi connectivity index (χ1n) is 5.26. The van der Waals surface area contributed by atoms with Crippen LogP contribution < -0.4 is 11.5 Å². The Morgan fingerprint density at radius 2 is 2.06 bits per heavy atom. The van der Waals surface area contributed by atoms with Gasteiger partial charge in [-0.3, -0.25) is 4.79 Å². The van der Waals surface area contributed by atoms with E-state index in [4.69, 9.17) is 16.6 Å². The summed E-state index contributed by atoms with van der Waals surface area (Å²) in [4.78, 5) is 11.0. The summed E-state index contributed by atoms with van der Waals surface area (Å²) < 4.78 is 0. The molecule has 0 bridgehead atoms. The Bertz CT molecular complexity index is 400. The lowest BCUT2D eigenvalue weighted by Crippen LogP contribution is -2.17. The standard InChI is InChI=1S/C12H18N2O2/c1-7(2)9-4-3-8(6-15)12(14)10(9)5-11(13)16/h3-4,7,15H,5-6,14H2,1-2H3,(H2,13,16). The van der Waals surface area contributed by atoms with Gasteiger partial charge in [-0.1, -0.05) is 26.0 Å². The fraction of sp³-hybridized carbons (Fsp3) is 0.417. The lowest BCUT2D eigenvalue weighted by Gasteiger charge is -2.16. The second kappa shape index (κ2) is 4.99. The third kappa shape index (κ3) is 2.52. The van der Waals surface area contributed by atoms with Crippen LogP contribution in [-0.4, -0.2) is 11.0 Å². The highest BCUT2D eigenvalue weighted by atomic mass is 16.3. The van der Waals surface area contributed by atoms with E-state index in [1.165, 1.54) is 0 Å². The highest BCUT2D eigenvalue weighted by molar-refractivity contribution is 5.79. The summed E-state index contributed by atoms with van der Waals surface area (Å²) in [5.74, 6) is -0.145. The Labute approximate surface area is 95.3 Å². The second-order valence-electron chi connectivity index (χ2n) is 4.16. The number of aliphatic hydroxyl groups is 1. The number of carbonyl (C=O) groups excluding carboxylic acids is 1. The monoisotopic (exact) mass is 222 g/mol. The topological polar surface area (TPSA) is 89.3 Å². The normalized spacial score (nSPS) is 10.8. The highest BCUT2D eigenvalue weighted by Gasteiger charge is 2.14. The maximum atomic E-state index is 11.0. The zero-order valence-electron chi connectivity index (χ0n) is 9.66. The SMILES string of the molecule is CC(C)c1ccc(CO)c(N)c1CC(N)=O. The van der Waals surface area contributed by atoms with Crippen molar-refractivity contribution in [3.05, 3.63) is 28.8 Å². The molecule has 0 saturated carbocycles. The molecular weight excluding hydrogens is 204 g/mol. The van der Waals surface area contributed by atoms with Crippen molar-refractivity contribution < 1.29 is 9.90 Å². The van der Waals surface area contributed by atoms with Crippen LogP contribution in [0, 0.1) is 0 Å². The van der Waals surface area contributed by atoms with E-state index < -0.39 is 5.91 Å². The first-order valence-corrected chi connectivity index (χ1v) is 5.26. The Morgan fingerprint density at radius 1 is 1.44 bits per heavy atom. The summed E-state index contributed by atoms with van der Waals surface area (Å²) in [7, 11) is 0. The lowest BCUT2D eigenvalue weighted by molar-refractivity contribution is -0.117. The van der Waals surface area contributed by atoms with Gasteiger partial charge in [-0.05, 0) is 17.0 Å². The second-order valence-corrected chi connectivity index (χ2v) is 4.16. The van der Waals surface area contributed by atoms with Gasteiger partial charge in [-0.25, -0.2) is 0 Å². The van der Waals surface area contributed by atoms with E-state index in [1.807, 2.05) is 19.9 Å². The van der Waals surface area contributed by atoms with Crippen molar-refractivity contribution in [2.45, 2.75) is 32.8 Å². The van der Waals surface area contributed by atoms with Gasteiger partial charge in [0.25, 0.3) is 0 Å². The molecule has 0 aliphatic carbocycles. The molecule has 1 amide bonds. The van der Waals surface area contributed by atoms with Crippen LogP contribution in [0.15, 0.2) is 12.1 Å². The van der Waals surface area contributed by atoms with Crippen molar-refractivity contribution >= 4 is 11.6 Å². The molecule has 0 aliphatic rings. The van der Waals surface area contributed by atoms with E-state index in [-0.39, 0.29) is 18.9 Å². The van der Waals surface area contributed by atoms with Crippen LogP contribution in [0.4, 0.5) is 5.69 Å². The molecule has 1 aromatic carbocycles. The van der Waals surface area contributed by atoms with E-state index >= 15 is 0 Å². The van der Waals surface area contributed by atoms with Gasteiger partial charge in [-0.2, -0.15) is 0 Å². The van der Waals surface area contributed by atoms with Crippen LogP contribution in [-0.2, 0) is 17.8 Å². The summed E-state index contributed by atoms with van der Waals surface area (Å²) in [6, 6.07) is 3.68. The van der Waals surface area contributed by atoms with E-state index in [1.54, 1.807) is 6.07 Å². The molecule has 0 fully saturated rings. The largest absolute Gasteiger partial charge is 0.398 e. The molecule has 0 radical (unpaired) electrons. The number of carbonyl (C=O) groups is 1. The number of rotatable bonds is 4. The summed E-state index contributed by atoms with van der Waals surface area (Å²) in [5, 5.41) is 9.11. The smallest absolute Gasteiger partial charge is 0.221 e. The summed E-state index contributed by atoms with van der Waals surface area (Å²) in [5.41, 5.74) is 14.0. The predicted molar refractivity (Wildman–Crippen MR) is 63.8 cm³/mol. The molecule has 0 aliphatic heterocycles. The number of hydrogen-bond donors (Lipinski definition) is 3. The van der Waals surface area contributed by atoms with Crippen molar-refractivity contribution in [2.24, 2.45) is 5.73 Å². The van der Waals surface area contributed by atoms with Crippen molar-refractivity contribution in [3.8, 4) is 0 Å². The molecule has 4 heteroatoms. The van der Waals surface area contributed by atoms with Gasteiger partial charge in [0.15, 0.2) is 0 Å². The molecule has 0 heterocycles. The Morgan fingerprint density at radius 3 is 2.50 bits per heavy atom. The molecule has 0 atom stereocenters. The first-order chi connectivity index (χ1) is 7.47. The van der Waals surface area contributed by atoms with E-state index in [0.29, 0.717) is 11.3 Å². The van der Waals surface area contributed by atoms with E-state index in [2.05, 4.69) is 0 Å². The minimum atomic E-state index is -0.413. The molecule has 0 unspecified atom stereocenters. The molecule has 88 valence electrons. The van der Waals surface area contributed by atoms with E-state index in [0.717, 1.165) is 11.1 Å². The first kappa shape index (κ1) is 12.5. The molecule has 0 spiro atoms. The minimum Gasteiger partial charge on any atom is -0.398 e. The van der Waals surface area contributed by atoms with Gasteiger partial charge >= 0.3 is 0 Å². The fourth-order valence-electron chi connectivity index (χ4n) is 1.78.